The van der Waals surface area contributed by atoms with Gasteiger partial charge in [0.15, 0.2) is 0 Å². The Balaban J connectivity index is 1.98. The largest absolute Gasteiger partial charge is 0.508 e. The van der Waals surface area contributed by atoms with Crippen molar-refractivity contribution in [3.8, 4) is 5.75 Å². The van der Waals surface area contributed by atoms with E-state index < -0.39 is 0 Å². The third kappa shape index (κ3) is 15.1. The van der Waals surface area contributed by atoms with Crippen LogP contribution in [0, 0.1) is 0 Å². The highest BCUT2D eigenvalue weighted by atomic mass is 16.3. The minimum absolute atomic E-state index is 0.00609. The molecule has 1 aromatic carbocycles. The molecule has 0 bridgehead atoms. The van der Waals surface area contributed by atoms with Crippen molar-refractivity contribution in [1.29, 1.82) is 0 Å². The predicted molar refractivity (Wildman–Crippen MR) is 125 cm³/mol. The Morgan fingerprint density at radius 3 is 1.86 bits per heavy atom. The molecule has 1 rings (SSSR count). The topological polar surface area (TPSA) is 49.3 Å². The van der Waals surface area contributed by atoms with Gasteiger partial charge in [-0.1, -0.05) is 68.4 Å². The molecular weight excluding hydrogens is 358 g/mol. The van der Waals surface area contributed by atoms with Crippen molar-refractivity contribution in [2.75, 3.05) is 5.32 Å². The van der Waals surface area contributed by atoms with Crippen molar-refractivity contribution < 1.29 is 9.90 Å². The number of benzene rings is 1. The van der Waals surface area contributed by atoms with Gasteiger partial charge in [-0.25, -0.2) is 0 Å². The highest BCUT2D eigenvalue weighted by molar-refractivity contribution is 5.90. The van der Waals surface area contributed by atoms with E-state index in [9.17, 15) is 9.90 Å². The van der Waals surface area contributed by atoms with Gasteiger partial charge in [0.05, 0.1) is 0 Å². The average Bonchev–Trinajstić information content (AvgIpc) is 2.72. The molecule has 0 aliphatic heterocycles. The van der Waals surface area contributed by atoms with Crippen LogP contribution in [0.4, 0.5) is 5.69 Å². The lowest BCUT2D eigenvalue weighted by atomic mass is 10.2. The molecule has 0 aliphatic rings. The zero-order valence-corrected chi connectivity index (χ0v) is 17.9. The van der Waals surface area contributed by atoms with E-state index in [0.717, 1.165) is 32.1 Å². The first kappa shape index (κ1) is 24.5. The molecular formula is C26H37NO2. The van der Waals surface area contributed by atoms with Crippen LogP contribution in [-0.2, 0) is 4.79 Å². The van der Waals surface area contributed by atoms with Gasteiger partial charge in [-0.3, -0.25) is 4.79 Å². The molecule has 1 aromatic rings. The lowest BCUT2D eigenvalue weighted by molar-refractivity contribution is -0.116. The molecule has 2 N–H and O–H groups in total. The van der Waals surface area contributed by atoms with E-state index in [1.165, 1.54) is 25.7 Å². The van der Waals surface area contributed by atoms with E-state index in [1.54, 1.807) is 24.3 Å². The number of hydrogen-bond acceptors (Lipinski definition) is 2. The molecule has 0 saturated carbocycles. The fourth-order valence-electron chi connectivity index (χ4n) is 2.71. The number of phenolic OH excluding ortho intramolecular Hbond substituents is 1. The van der Waals surface area contributed by atoms with E-state index >= 15 is 0 Å². The monoisotopic (exact) mass is 395 g/mol. The fourth-order valence-corrected chi connectivity index (χ4v) is 2.71. The lowest BCUT2D eigenvalue weighted by Crippen LogP contribution is -2.10. The Hall–Kier alpha value is -2.55. The first-order valence-corrected chi connectivity index (χ1v) is 10.9. The smallest absolute Gasteiger partial charge is 0.224 e. The maximum Gasteiger partial charge on any atom is 0.224 e. The highest BCUT2D eigenvalue weighted by Crippen LogP contribution is 2.14. The van der Waals surface area contributed by atoms with E-state index in [-0.39, 0.29) is 11.7 Å². The molecule has 29 heavy (non-hydrogen) atoms. The Bertz CT molecular complexity index is 654. The van der Waals surface area contributed by atoms with Crippen LogP contribution in [0.5, 0.6) is 5.75 Å². The summed E-state index contributed by atoms with van der Waals surface area (Å²) in [6.07, 6.45) is 27.9. The number of nitrogens with one attached hydrogen (secondary N) is 1. The summed E-state index contributed by atoms with van der Waals surface area (Å²) in [7, 11) is 0. The molecule has 0 fully saturated rings. The molecule has 3 heteroatoms. The van der Waals surface area contributed by atoms with Gasteiger partial charge in [-0.2, -0.15) is 0 Å². The molecule has 1 amide bonds. The number of allylic oxidation sites excluding steroid dienone is 8. The summed E-state index contributed by atoms with van der Waals surface area (Å²) in [5.41, 5.74) is 0.713. The minimum atomic E-state index is 0.00609. The SMILES string of the molecule is CCCCC/C=C\C/C=C/C/C=C\C/C=C\CCCC(=O)Nc1ccc(O)cc1. The summed E-state index contributed by atoms with van der Waals surface area (Å²) in [4.78, 5) is 11.8. The van der Waals surface area contributed by atoms with Gasteiger partial charge in [0.1, 0.15) is 5.75 Å². The van der Waals surface area contributed by atoms with Crippen LogP contribution in [0.15, 0.2) is 72.9 Å². The molecule has 0 radical (unpaired) electrons. The Kier molecular flexibility index (Phi) is 14.8. The zero-order valence-electron chi connectivity index (χ0n) is 17.9. The second kappa shape index (κ2) is 17.5. The van der Waals surface area contributed by atoms with Crippen LogP contribution in [0.3, 0.4) is 0 Å². The number of phenols is 1. The number of carbonyl (C=O) groups is 1. The van der Waals surface area contributed by atoms with Gasteiger partial charge in [0, 0.05) is 12.1 Å². The van der Waals surface area contributed by atoms with Crippen molar-refractivity contribution in [1.82, 2.24) is 0 Å². The van der Waals surface area contributed by atoms with Crippen molar-refractivity contribution in [2.24, 2.45) is 0 Å². The maximum absolute atomic E-state index is 11.8. The second-order valence-corrected chi connectivity index (χ2v) is 7.08. The molecule has 3 nitrogen and oxygen atoms in total. The minimum Gasteiger partial charge on any atom is -0.508 e. The second-order valence-electron chi connectivity index (χ2n) is 7.08. The summed E-state index contributed by atoms with van der Waals surface area (Å²) in [6, 6.07) is 6.52. The van der Waals surface area contributed by atoms with Crippen molar-refractivity contribution in [3.63, 3.8) is 0 Å². The van der Waals surface area contributed by atoms with Gasteiger partial charge < -0.3 is 10.4 Å². The third-order valence-electron chi connectivity index (χ3n) is 4.38. The fraction of sp³-hybridized carbons (Fsp3) is 0.423. The van der Waals surface area contributed by atoms with Gasteiger partial charge >= 0.3 is 0 Å². The average molecular weight is 396 g/mol. The first-order valence-electron chi connectivity index (χ1n) is 10.9. The quantitative estimate of drug-likeness (QED) is 0.184. The van der Waals surface area contributed by atoms with Crippen LogP contribution in [0.2, 0.25) is 0 Å². The summed E-state index contributed by atoms with van der Waals surface area (Å²) in [5.74, 6) is 0.204. The van der Waals surface area contributed by atoms with E-state index in [1.807, 2.05) is 0 Å². The third-order valence-corrected chi connectivity index (χ3v) is 4.38. The van der Waals surface area contributed by atoms with Crippen molar-refractivity contribution >= 4 is 11.6 Å². The standard InChI is InChI=1S/C26H37NO2/c1-2-3-4-5-6-7-8-9-10-11-12-13-14-15-16-17-18-19-26(29)27-24-20-22-25(28)23-21-24/h6-7,9-10,12-13,15-16,20-23,28H,2-5,8,11,14,17-19H2,1H3,(H,27,29)/b7-6-,10-9+,13-12-,16-15-. The van der Waals surface area contributed by atoms with E-state index in [4.69, 9.17) is 0 Å². The number of anilines is 1. The van der Waals surface area contributed by atoms with Crippen LogP contribution in [0.1, 0.15) is 71.1 Å². The van der Waals surface area contributed by atoms with Crippen LogP contribution in [0.25, 0.3) is 0 Å². The van der Waals surface area contributed by atoms with E-state index in [0.29, 0.717) is 12.1 Å². The number of aromatic hydroxyl groups is 1. The van der Waals surface area contributed by atoms with Crippen LogP contribution >= 0.6 is 0 Å². The predicted octanol–water partition coefficient (Wildman–Crippen LogP) is 7.48. The number of hydrogen-bond donors (Lipinski definition) is 2. The van der Waals surface area contributed by atoms with Gasteiger partial charge in [0.25, 0.3) is 0 Å². The molecule has 0 unspecified atom stereocenters. The summed E-state index contributed by atoms with van der Waals surface area (Å²) in [6.45, 7) is 2.23. The normalized spacial score (nSPS) is 12.0. The zero-order chi connectivity index (χ0) is 21.0. The number of unbranched alkanes of at least 4 members (excludes halogenated alkanes) is 4. The first-order chi connectivity index (χ1) is 14.2. The van der Waals surface area contributed by atoms with Crippen LogP contribution < -0.4 is 5.32 Å². The molecule has 158 valence electrons. The number of carbonyl (C=O) groups excluding carboxylic acids is 1. The molecule has 0 aromatic heterocycles. The lowest BCUT2D eigenvalue weighted by Gasteiger charge is -2.04. The Morgan fingerprint density at radius 2 is 1.31 bits per heavy atom. The highest BCUT2D eigenvalue weighted by Gasteiger charge is 2.01. The Labute approximate surface area is 176 Å². The summed E-state index contributed by atoms with van der Waals surface area (Å²) in [5, 5.41) is 12.1. The molecule has 0 spiro atoms. The number of rotatable bonds is 15. The molecule has 0 aliphatic carbocycles. The van der Waals surface area contributed by atoms with Crippen LogP contribution in [-0.4, -0.2) is 11.0 Å². The molecule has 0 atom stereocenters. The Morgan fingerprint density at radius 1 is 0.793 bits per heavy atom. The van der Waals surface area contributed by atoms with Crippen molar-refractivity contribution in [3.05, 3.63) is 72.9 Å². The maximum atomic E-state index is 11.8. The number of amides is 1. The van der Waals surface area contributed by atoms with Gasteiger partial charge in [0.2, 0.25) is 5.91 Å². The molecule has 0 saturated heterocycles. The van der Waals surface area contributed by atoms with Crippen molar-refractivity contribution in [2.45, 2.75) is 71.1 Å². The molecule has 0 heterocycles. The summed E-state index contributed by atoms with van der Waals surface area (Å²) >= 11 is 0. The van der Waals surface area contributed by atoms with E-state index in [2.05, 4.69) is 60.8 Å². The van der Waals surface area contributed by atoms with Gasteiger partial charge in [-0.05, 0) is 69.2 Å². The van der Waals surface area contributed by atoms with Gasteiger partial charge in [-0.15, -0.1) is 0 Å². The summed E-state index contributed by atoms with van der Waals surface area (Å²) < 4.78 is 0.